The van der Waals surface area contributed by atoms with Crippen molar-refractivity contribution in [2.75, 3.05) is 0 Å². The van der Waals surface area contributed by atoms with Crippen LogP contribution in [0.4, 0.5) is 0 Å². The van der Waals surface area contributed by atoms with Gasteiger partial charge in [-0.3, -0.25) is 4.79 Å². The summed E-state index contributed by atoms with van der Waals surface area (Å²) < 4.78 is 6.67. The predicted octanol–water partition coefficient (Wildman–Crippen LogP) is 4.22. The van der Waals surface area contributed by atoms with Crippen molar-refractivity contribution < 1.29 is 14.6 Å². The van der Waals surface area contributed by atoms with E-state index in [-0.39, 0.29) is 0 Å². The van der Waals surface area contributed by atoms with Gasteiger partial charge < -0.3 is 9.84 Å². The van der Waals surface area contributed by atoms with Crippen molar-refractivity contribution in [3.8, 4) is 5.75 Å². The fourth-order valence-electron chi connectivity index (χ4n) is 1.74. The van der Waals surface area contributed by atoms with E-state index in [1.807, 2.05) is 48.5 Å². The van der Waals surface area contributed by atoms with Crippen molar-refractivity contribution in [3.63, 3.8) is 0 Å². The molecule has 104 valence electrons. The third-order valence-corrected chi connectivity index (χ3v) is 3.60. The lowest BCUT2D eigenvalue weighted by Crippen LogP contribution is -2.07. The number of carboxylic acids is 1. The topological polar surface area (TPSA) is 46.5 Å². The van der Waals surface area contributed by atoms with E-state index in [9.17, 15) is 4.79 Å². The Labute approximate surface area is 126 Å². The van der Waals surface area contributed by atoms with Crippen LogP contribution in [-0.4, -0.2) is 11.1 Å². The Morgan fingerprint density at radius 1 is 1.15 bits per heavy atom. The van der Waals surface area contributed by atoms with Crippen molar-refractivity contribution in [2.45, 2.75) is 19.4 Å². The maximum Gasteiger partial charge on any atom is 0.310 e. The molecule has 4 heteroatoms. The minimum absolute atomic E-state index is 0.462. The Morgan fingerprint density at radius 3 is 2.30 bits per heavy atom. The average molecular weight is 335 g/mol. The Kier molecular flexibility index (Phi) is 4.79. The number of ether oxygens (including phenoxy) is 1. The Morgan fingerprint density at radius 2 is 1.75 bits per heavy atom. The quantitative estimate of drug-likeness (QED) is 0.890. The number of aliphatic carboxylic acids is 1. The van der Waals surface area contributed by atoms with Gasteiger partial charge in [-0.2, -0.15) is 0 Å². The van der Waals surface area contributed by atoms with Crippen LogP contribution >= 0.6 is 15.9 Å². The molecule has 0 aliphatic heterocycles. The molecular weight excluding hydrogens is 320 g/mol. The minimum Gasteiger partial charge on any atom is -0.489 e. The van der Waals surface area contributed by atoms with Crippen molar-refractivity contribution >= 4 is 21.9 Å². The van der Waals surface area contributed by atoms with Crippen molar-refractivity contribution in [2.24, 2.45) is 0 Å². The van der Waals surface area contributed by atoms with Gasteiger partial charge in [-0.15, -0.1) is 0 Å². The third-order valence-electron chi connectivity index (χ3n) is 3.07. The summed E-state index contributed by atoms with van der Waals surface area (Å²) in [6, 6.07) is 15.1. The molecule has 0 fully saturated rings. The molecule has 1 atom stereocenters. The summed E-state index contributed by atoms with van der Waals surface area (Å²) in [6.45, 7) is 2.14. The minimum atomic E-state index is -0.816. The fraction of sp³-hybridized carbons (Fsp3) is 0.188. The van der Waals surface area contributed by atoms with Crippen LogP contribution in [0, 0.1) is 0 Å². The van der Waals surface area contributed by atoms with Gasteiger partial charge in [0.25, 0.3) is 0 Å². The summed E-state index contributed by atoms with van der Waals surface area (Å²) in [5.41, 5.74) is 1.80. The predicted molar refractivity (Wildman–Crippen MR) is 81.0 cm³/mol. The average Bonchev–Trinajstić information content (AvgIpc) is 2.46. The molecule has 0 saturated heterocycles. The zero-order valence-electron chi connectivity index (χ0n) is 11.0. The second-order valence-corrected chi connectivity index (χ2v) is 5.46. The molecule has 0 amide bonds. The number of halogens is 1. The molecule has 0 aromatic heterocycles. The van der Waals surface area contributed by atoms with Crippen LogP contribution in [-0.2, 0) is 11.4 Å². The molecule has 0 bridgehead atoms. The number of hydrogen-bond donors (Lipinski definition) is 1. The van der Waals surface area contributed by atoms with Crippen molar-refractivity contribution in [1.82, 2.24) is 0 Å². The number of rotatable bonds is 5. The first-order chi connectivity index (χ1) is 9.56. The first-order valence-corrected chi connectivity index (χ1v) is 7.05. The zero-order valence-corrected chi connectivity index (χ0v) is 12.6. The summed E-state index contributed by atoms with van der Waals surface area (Å²) in [5.74, 6) is -0.503. The lowest BCUT2D eigenvalue weighted by molar-refractivity contribution is -0.138. The first kappa shape index (κ1) is 14.6. The highest BCUT2D eigenvalue weighted by atomic mass is 79.9. The second-order valence-electron chi connectivity index (χ2n) is 4.54. The molecular formula is C16H15BrO3. The van der Waals surface area contributed by atoms with E-state index in [1.54, 1.807) is 6.92 Å². The highest BCUT2D eigenvalue weighted by Crippen LogP contribution is 2.19. The molecule has 2 aromatic rings. The fourth-order valence-corrected chi connectivity index (χ4v) is 2.01. The van der Waals surface area contributed by atoms with Gasteiger partial charge in [0.05, 0.1) is 5.92 Å². The maximum absolute atomic E-state index is 10.9. The lowest BCUT2D eigenvalue weighted by atomic mass is 10.0. The molecule has 2 rings (SSSR count). The molecule has 2 aromatic carbocycles. The summed E-state index contributed by atoms with van der Waals surface area (Å²) in [7, 11) is 0. The third kappa shape index (κ3) is 3.84. The molecule has 3 nitrogen and oxygen atoms in total. The number of carboxylic acid groups (broad SMARTS) is 1. The highest BCUT2D eigenvalue weighted by Gasteiger charge is 2.12. The van der Waals surface area contributed by atoms with E-state index in [2.05, 4.69) is 15.9 Å². The van der Waals surface area contributed by atoms with Crippen LogP contribution in [0.2, 0.25) is 0 Å². The second kappa shape index (κ2) is 6.57. The summed E-state index contributed by atoms with van der Waals surface area (Å²) in [4.78, 5) is 10.9. The van der Waals surface area contributed by atoms with E-state index in [0.29, 0.717) is 6.61 Å². The smallest absolute Gasteiger partial charge is 0.310 e. The van der Waals surface area contributed by atoms with Gasteiger partial charge in [0, 0.05) is 4.47 Å². The lowest BCUT2D eigenvalue weighted by Gasteiger charge is -2.09. The van der Waals surface area contributed by atoms with Gasteiger partial charge in [-0.25, -0.2) is 0 Å². The molecule has 0 aliphatic carbocycles. The number of carbonyl (C=O) groups is 1. The van der Waals surface area contributed by atoms with Crippen molar-refractivity contribution in [3.05, 3.63) is 64.1 Å². The molecule has 20 heavy (non-hydrogen) atoms. The Bertz CT molecular complexity index is 576. The van der Waals surface area contributed by atoms with Crippen LogP contribution in [0.1, 0.15) is 24.0 Å². The summed E-state index contributed by atoms with van der Waals surface area (Å²) >= 11 is 3.37. The molecule has 1 N–H and O–H groups in total. The molecule has 0 saturated carbocycles. The van der Waals surface area contributed by atoms with E-state index in [4.69, 9.17) is 9.84 Å². The van der Waals surface area contributed by atoms with E-state index >= 15 is 0 Å². The number of hydrogen-bond acceptors (Lipinski definition) is 2. The van der Waals surface area contributed by atoms with Crippen molar-refractivity contribution in [1.29, 1.82) is 0 Å². The molecule has 0 aliphatic rings. The van der Waals surface area contributed by atoms with Gasteiger partial charge in [0.15, 0.2) is 0 Å². The van der Waals surface area contributed by atoms with E-state index in [1.165, 1.54) is 0 Å². The molecule has 0 heterocycles. The maximum atomic E-state index is 10.9. The van der Waals surface area contributed by atoms with Gasteiger partial charge >= 0.3 is 5.97 Å². The van der Waals surface area contributed by atoms with Crippen LogP contribution in [0.3, 0.4) is 0 Å². The molecule has 1 unspecified atom stereocenters. The SMILES string of the molecule is CC(C(=O)O)c1ccc(COc2ccc(Br)cc2)cc1. The normalized spacial score (nSPS) is 11.9. The van der Waals surface area contributed by atoms with Gasteiger partial charge in [0.2, 0.25) is 0 Å². The molecule has 0 spiro atoms. The van der Waals surface area contributed by atoms with Crippen LogP contribution < -0.4 is 4.74 Å². The van der Waals surface area contributed by atoms with Crippen LogP contribution in [0.5, 0.6) is 5.75 Å². The van der Waals surface area contributed by atoms with Crippen LogP contribution in [0.15, 0.2) is 53.0 Å². The van der Waals surface area contributed by atoms with E-state index in [0.717, 1.165) is 21.3 Å². The monoisotopic (exact) mass is 334 g/mol. The van der Waals surface area contributed by atoms with Crippen LogP contribution in [0.25, 0.3) is 0 Å². The largest absolute Gasteiger partial charge is 0.489 e. The van der Waals surface area contributed by atoms with Gasteiger partial charge in [0.1, 0.15) is 12.4 Å². The summed E-state index contributed by atoms with van der Waals surface area (Å²) in [6.07, 6.45) is 0. The Balaban J connectivity index is 1.97. The molecule has 0 radical (unpaired) electrons. The Hall–Kier alpha value is -1.81. The highest BCUT2D eigenvalue weighted by molar-refractivity contribution is 9.10. The van der Waals surface area contributed by atoms with Gasteiger partial charge in [-0.05, 0) is 42.3 Å². The standard InChI is InChI=1S/C16H15BrO3/c1-11(16(18)19)13-4-2-12(3-5-13)10-20-15-8-6-14(17)7-9-15/h2-9,11H,10H2,1H3,(H,18,19). The summed E-state index contributed by atoms with van der Waals surface area (Å²) in [5, 5.41) is 8.95. The number of benzene rings is 2. The first-order valence-electron chi connectivity index (χ1n) is 6.26. The van der Waals surface area contributed by atoms with E-state index < -0.39 is 11.9 Å². The van der Waals surface area contributed by atoms with Gasteiger partial charge in [-0.1, -0.05) is 40.2 Å². The zero-order chi connectivity index (χ0) is 14.5.